The van der Waals surface area contributed by atoms with Crippen LogP contribution in [0.5, 0.6) is 0 Å². The van der Waals surface area contributed by atoms with Crippen LogP contribution in [0.1, 0.15) is 5.69 Å². The van der Waals surface area contributed by atoms with Crippen molar-refractivity contribution in [2.75, 3.05) is 5.73 Å². The van der Waals surface area contributed by atoms with Crippen molar-refractivity contribution in [2.24, 2.45) is 0 Å². The lowest BCUT2D eigenvalue weighted by Crippen LogP contribution is -1.94. The van der Waals surface area contributed by atoms with Crippen molar-refractivity contribution in [2.45, 2.75) is 6.92 Å². The number of nitrogens with zero attached hydrogens (tertiary/aromatic N) is 2. The van der Waals surface area contributed by atoms with Gasteiger partial charge in [-0.2, -0.15) is 5.10 Å². The minimum absolute atomic E-state index is 0.713. The first-order valence-corrected chi connectivity index (χ1v) is 5.04. The maximum absolute atomic E-state index is 5.72. The molecular weight excluding hydrogens is 242 g/mol. The number of rotatable bonds is 1. The zero-order valence-electron chi connectivity index (χ0n) is 7.74. The van der Waals surface area contributed by atoms with E-state index in [-0.39, 0.29) is 0 Å². The third-order valence-corrected chi connectivity index (χ3v) is 2.50. The van der Waals surface area contributed by atoms with Gasteiger partial charge in [0.15, 0.2) is 0 Å². The van der Waals surface area contributed by atoms with Crippen molar-refractivity contribution in [3.8, 4) is 5.69 Å². The lowest BCUT2D eigenvalue weighted by molar-refractivity contribution is 0.862. The topological polar surface area (TPSA) is 43.8 Å². The molecule has 1 aromatic carbocycles. The van der Waals surface area contributed by atoms with Crippen molar-refractivity contribution >= 4 is 21.6 Å². The summed E-state index contributed by atoms with van der Waals surface area (Å²) in [6.07, 6.45) is 1.82. The summed E-state index contributed by atoms with van der Waals surface area (Å²) in [5.41, 5.74) is 8.28. The average molecular weight is 252 g/mol. The molecule has 0 saturated carbocycles. The number of halogens is 1. The Kier molecular flexibility index (Phi) is 2.29. The molecular formula is C10H10BrN3. The minimum Gasteiger partial charge on any atom is -0.396 e. The van der Waals surface area contributed by atoms with Gasteiger partial charge in [0, 0.05) is 4.47 Å². The van der Waals surface area contributed by atoms with Crippen LogP contribution >= 0.6 is 15.9 Å². The van der Waals surface area contributed by atoms with E-state index in [1.165, 1.54) is 0 Å². The number of hydrogen-bond acceptors (Lipinski definition) is 2. The second-order valence-electron chi connectivity index (χ2n) is 3.09. The van der Waals surface area contributed by atoms with E-state index in [1.54, 1.807) is 4.68 Å². The zero-order valence-corrected chi connectivity index (χ0v) is 9.32. The Hall–Kier alpha value is -1.29. The van der Waals surface area contributed by atoms with Crippen LogP contribution in [-0.2, 0) is 0 Å². The van der Waals surface area contributed by atoms with Gasteiger partial charge < -0.3 is 5.73 Å². The third-order valence-electron chi connectivity index (χ3n) is 2.01. The number of aryl methyl sites for hydroxylation is 1. The fourth-order valence-corrected chi connectivity index (χ4v) is 1.61. The number of aromatic nitrogens is 2. The second-order valence-corrected chi connectivity index (χ2v) is 4.01. The molecule has 2 N–H and O–H groups in total. The Balaban J connectivity index is 2.49. The van der Waals surface area contributed by atoms with Gasteiger partial charge in [-0.25, -0.2) is 4.68 Å². The summed E-state index contributed by atoms with van der Waals surface area (Å²) in [5, 5.41) is 4.29. The van der Waals surface area contributed by atoms with Gasteiger partial charge in [-0.05, 0) is 25.1 Å². The van der Waals surface area contributed by atoms with E-state index in [2.05, 4.69) is 21.0 Å². The number of hydrogen-bond donors (Lipinski definition) is 1. The van der Waals surface area contributed by atoms with E-state index in [1.807, 2.05) is 37.4 Å². The van der Waals surface area contributed by atoms with E-state index in [0.717, 1.165) is 15.9 Å². The molecule has 0 bridgehead atoms. The second kappa shape index (κ2) is 3.46. The first kappa shape index (κ1) is 9.27. The highest BCUT2D eigenvalue weighted by atomic mass is 79.9. The van der Waals surface area contributed by atoms with Crippen LogP contribution in [0.4, 0.5) is 5.69 Å². The molecule has 2 rings (SSSR count). The molecule has 0 aliphatic heterocycles. The molecule has 0 atom stereocenters. The van der Waals surface area contributed by atoms with Gasteiger partial charge in [0.1, 0.15) is 0 Å². The molecule has 0 aliphatic rings. The van der Waals surface area contributed by atoms with E-state index < -0.39 is 0 Å². The summed E-state index contributed by atoms with van der Waals surface area (Å²) in [6.45, 7) is 1.89. The van der Waals surface area contributed by atoms with Crippen LogP contribution in [0.15, 0.2) is 34.9 Å². The normalized spacial score (nSPS) is 10.4. The van der Waals surface area contributed by atoms with E-state index in [4.69, 9.17) is 5.73 Å². The summed E-state index contributed by atoms with van der Waals surface area (Å²) in [4.78, 5) is 0. The average Bonchev–Trinajstić information content (AvgIpc) is 2.47. The fraction of sp³-hybridized carbons (Fsp3) is 0.100. The van der Waals surface area contributed by atoms with Crippen molar-refractivity contribution in [3.63, 3.8) is 0 Å². The minimum atomic E-state index is 0.713. The van der Waals surface area contributed by atoms with Gasteiger partial charge in [0.05, 0.1) is 23.3 Å². The largest absolute Gasteiger partial charge is 0.396 e. The van der Waals surface area contributed by atoms with Crippen LogP contribution in [0.2, 0.25) is 0 Å². The molecule has 0 radical (unpaired) electrons. The number of anilines is 1. The summed E-state index contributed by atoms with van der Waals surface area (Å²) >= 11 is 3.41. The highest BCUT2D eigenvalue weighted by molar-refractivity contribution is 9.10. The summed E-state index contributed by atoms with van der Waals surface area (Å²) in [6, 6.07) is 7.92. The van der Waals surface area contributed by atoms with Gasteiger partial charge >= 0.3 is 0 Å². The standard InChI is InChI=1S/C10H10BrN3/c1-7-10(12)6-14(13-7)9-4-2-3-8(11)5-9/h2-6H,12H2,1H3. The summed E-state index contributed by atoms with van der Waals surface area (Å²) in [5.74, 6) is 0. The highest BCUT2D eigenvalue weighted by Gasteiger charge is 2.02. The number of nitrogen functional groups attached to an aromatic ring is 1. The molecule has 0 unspecified atom stereocenters. The number of nitrogens with two attached hydrogens (primary N) is 1. The molecule has 0 saturated heterocycles. The van der Waals surface area contributed by atoms with Gasteiger partial charge in [0.25, 0.3) is 0 Å². The Morgan fingerprint density at radius 1 is 1.43 bits per heavy atom. The monoisotopic (exact) mass is 251 g/mol. The summed E-state index contributed by atoms with van der Waals surface area (Å²) < 4.78 is 2.80. The number of benzene rings is 1. The van der Waals surface area contributed by atoms with Crippen molar-refractivity contribution < 1.29 is 0 Å². The first-order valence-electron chi connectivity index (χ1n) is 4.24. The molecule has 1 heterocycles. The molecule has 72 valence electrons. The van der Waals surface area contributed by atoms with Crippen molar-refractivity contribution in [3.05, 3.63) is 40.6 Å². The molecule has 0 amide bonds. The predicted octanol–water partition coefficient (Wildman–Crippen LogP) is 2.53. The maximum atomic E-state index is 5.72. The van der Waals surface area contributed by atoms with E-state index in [9.17, 15) is 0 Å². The molecule has 0 aliphatic carbocycles. The van der Waals surface area contributed by atoms with Gasteiger partial charge in [0.2, 0.25) is 0 Å². The first-order chi connectivity index (χ1) is 6.66. The SMILES string of the molecule is Cc1nn(-c2cccc(Br)c2)cc1N. The van der Waals surface area contributed by atoms with E-state index >= 15 is 0 Å². The molecule has 4 heteroatoms. The Labute approximate surface area is 90.7 Å². The van der Waals surface area contributed by atoms with Crippen LogP contribution in [0.3, 0.4) is 0 Å². The van der Waals surface area contributed by atoms with Crippen LogP contribution in [0, 0.1) is 6.92 Å². The van der Waals surface area contributed by atoms with Gasteiger partial charge in [-0.15, -0.1) is 0 Å². The quantitative estimate of drug-likeness (QED) is 0.847. The van der Waals surface area contributed by atoms with Crippen LogP contribution in [-0.4, -0.2) is 9.78 Å². The maximum Gasteiger partial charge on any atom is 0.0827 e. The molecule has 0 spiro atoms. The Morgan fingerprint density at radius 2 is 2.21 bits per heavy atom. The fourth-order valence-electron chi connectivity index (χ4n) is 1.22. The molecule has 1 aromatic heterocycles. The zero-order chi connectivity index (χ0) is 10.1. The third kappa shape index (κ3) is 1.65. The Morgan fingerprint density at radius 3 is 2.79 bits per heavy atom. The molecule has 14 heavy (non-hydrogen) atoms. The van der Waals surface area contributed by atoms with Crippen LogP contribution in [0.25, 0.3) is 5.69 Å². The van der Waals surface area contributed by atoms with Crippen molar-refractivity contribution in [1.29, 1.82) is 0 Å². The highest BCUT2D eigenvalue weighted by Crippen LogP contribution is 2.17. The van der Waals surface area contributed by atoms with E-state index in [0.29, 0.717) is 5.69 Å². The van der Waals surface area contributed by atoms with Crippen molar-refractivity contribution in [1.82, 2.24) is 9.78 Å². The lowest BCUT2D eigenvalue weighted by atomic mass is 10.3. The van der Waals surface area contributed by atoms with Gasteiger partial charge in [-0.3, -0.25) is 0 Å². The predicted molar refractivity (Wildman–Crippen MR) is 60.4 cm³/mol. The lowest BCUT2D eigenvalue weighted by Gasteiger charge is -2.00. The van der Waals surface area contributed by atoms with Gasteiger partial charge in [-0.1, -0.05) is 22.0 Å². The molecule has 0 fully saturated rings. The molecule has 3 nitrogen and oxygen atoms in total. The van der Waals surface area contributed by atoms with Crippen LogP contribution < -0.4 is 5.73 Å². The Bertz CT molecular complexity index is 443. The molecule has 2 aromatic rings. The summed E-state index contributed by atoms with van der Waals surface area (Å²) in [7, 11) is 0. The smallest absolute Gasteiger partial charge is 0.0827 e.